The number of anilines is 2. The fourth-order valence-electron chi connectivity index (χ4n) is 1.48. The lowest BCUT2D eigenvalue weighted by Gasteiger charge is -2.10. The first-order valence-electron chi connectivity index (χ1n) is 6.39. The van der Waals surface area contributed by atoms with Crippen LogP contribution in [-0.4, -0.2) is 27.9 Å². The van der Waals surface area contributed by atoms with Crippen molar-refractivity contribution in [2.45, 2.75) is 23.4 Å². The van der Waals surface area contributed by atoms with Crippen molar-refractivity contribution >= 4 is 39.8 Å². The predicted molar refractivity (Wildman–Crippen MR) is 84.4 cm³/mol. The molecule has 0 aliphatic heterocycles. The third-order valence-electron chi connectivity index (χ3n) is 2.51. The molecule has 2 aromatic rings. The van der Waals surface area contributed by atoms with Crippen LogP contribution in [0.15, 0.2) is 28.6 Å². The van der Waals surface area contributed by atoms with Crippen molar-refractivity contribution in [1.82, 2.24) is 10.2 Å². The summed E-state index contributed by atoms with van der Waals surface area (Å²) in [5.41, 5.74) is 0.181. The Balaban J connectivity index is 1.94. The number of thioether (sulfide) groups is 1. The Morgan fingerprint density at radius 1 is 1.43 bits per heavy atom. The topological polar surface area (TPSA) is 66.9 Å². The molecular formula is C13H15FN4OS2. The van der Waals surface area contributed by atoms with Gasteiger partial charge in [0.2, 0.25) is 11.0 Å². The Labute approximate surface area is 130 Å². The molecule has 0 saturated heterocycles. The van der Waals surface area contributed by atoms with E-state index >= 15 is 0 Å². The second kappa shape index (κ2) is 7.37. The second-order valence-electron chi connectivity index (χ2n) is 4.13. The van der Waals surface area contributed by atoms with Gasteiger partial charge in [-0.15, -0.1) is 10.2 Å². The smallest absolute Gasteiger partial charge is 0.237 e. The number of nitrogens with zero attached hydrogens (tertiary/aromatic N) is 2. The maximum atomic E-state index is 13.5. The molecule has 0 radical (unpaired) electrons. The highest BCUT2D eigenvalue weighted by Crippen LogP contribution is 2.29. The summed E-state index contributed by atoms with van der Waals surface area (Å²) < 4.78 is 14.2. The third-order valence-corrected chi connectivity index (χ3v) is 4.58. The highest BCUT2D eigenvalue weighted by Gasteiger charge is 2.18. The zero-order chi connectivity index (χ0) is 15.2. The van der Waals surface area contributed by atoms with Crippen molar-refractivity contribution in [3.8, 4) is 0 Å². The average molecular weight is 326 g/mol. The molecule has 112 valence electrons. The van der Waals surface area contributed by atoms with Crippen molar-refractivity contribution in [3.63, 3.8) is 0 Å². The largest absolute Gasteiger partial charge is 0.360 e. The molecule has 0 spiro atoms. The monoisotopic (exact) mass is 326 g/mol. The number of aromatic nitrogens is 2. The summed E-state index contributed by atoms with van der Waals surface area (Å²) in [4.78, 5) is 12.0. The number of hydrogen-bond acceptors (Lipinski definition) is 6. The molecule has 2 rings (SSSR count). The Morgan fingerprint density at radius 3 is 2.90 bits per heavy atom. The van der Waals surface area contributed by atoms with Crippen LogP contribution in [0.3, 0.4) is 0 Å². The third kappa shape index (κ3) is 4.40. The van der Waals surface area contributed by atoms with Gasteiger partial charge in [0.15, 0.2) is 4.34 Å². The highest BCUT2D eigenvalue weighted by atomic mass is 32.2. The molecule has 0 unspecified atom stereocenters. The van der Waals surface area contributed by atoms with Crippen LogP contribution in [0.2, 0.25) is 0 Å². The Kier molecular flexibility index (Phi) is 5.51. The summed E-state index contributed by atoms with van der Waals surface area (Å²) in [6, 6.07) is 6.08. The van der Waals surface area contributed by atoms with Gasteiger partial charge in [-0.3, -0.25) is 4.79 Å². The standard InChI is InChI=1S/C13H15FN4OS2/c1-3-15-12-17-18-13(21-12)20-8(2)11(19)16-10-7-5-4-6-9(10)14/h4-8H,3H2,1-2H3,(H,15,17)(H,16,19)/t8-/m1/s1. The maximum Gasteiger partial charge on any atom is 0.237 e. The van der Waals surface area contributed by atoms with Gasteiger partial charge in [0.25, 0.3) is 0 Å². The van der Waals surface area contributed by atoms with E-state index in [0.717, 1.165) is 11.7 Å². The minimum absolute atomic E-state index is 0.181. The molecule has 1 aromatic heterocycles. The summed E-state index contributed by atoms with van der Waals surface area (Å²) in [6.07, 6.45) is 0. The van der Waals surface area contributed by atoms with Crippen molar-refractivity contribution in [2.24, 2.45) is 0 Å². The molecule has 0 aliphatic carbocycles. The zero-order valence-corrected chi connectivity index (χ0v) is 13.2. The molecule has 2 N–H and O–H groups in total. The molecule has 21 heavy (non-hydrogen) atoms. The van der Waals surface area contributed by atoms with Crippen LogP contribution >= 0.6 is 23.1 Å². The molecule has 1 heterocycles. The van der Waals surface area contributed by atoms with E-state index in [1.807, 2.05) is 6.92 Å². The molecule has 5 nitrogen and oxygen atoms in total. The molecule has 8 heteroatoms. The number of rotatable bonds is 6. The number of nitrogens with one attached hydrogen (secondary N) is 2. The van der Waals surface area contributed by atoms with Crippen LogP contribution in [0, 0.1) is 5.82 Å². The molecule has 0 bridgehead atoms. The van der Waals surface area contributed by atoms with E-state index in [0.29, 0.717) is 4.34 Å². The number of hydrogen-bond donors (Lipinski definition) is 2. The quantitative estimate of drug-likeness (QED) is 0.798. The van der Waals surface area contributed by atoms with Crippen molar-refractivity contribution in [2.75, 3.05) is 17.2 Å². The minimum atomic E-state index is -0.451. The lowest BCUT2D eigenvalue weighted by atomic mass is 10.3. The maximum absolute atomic E-state index is 13.5. The van der Waals surface area contributed by atoms with Gasteiger partial charge in [0.1, 0.15) is 5.82 Å². The molecule has 0 saturated carbocycles. The van der Waals surface area contributed by atoms with Crippen LogP contribution < -0.4 is 10.6 Å². The van der Waals surface area contributed by atoms with E-state index in [2.05, 4.69) is 20.8 Å². The van der Waals surface area contributed by atoms with Crippen molar-refractivity contribution in [1.29, 1.82) is 0 Å². The summed E-state index contributed by atoms with van der Waals surface area (Å²) >= 11 is 2.68. The SMILES string of the molecule is CCNc1nnc(S[C@H](C)C(=O)Nc2ccccc2F)s1. The van der Waals surface area contributed by atoms with Crippen LogP contribution in [0.1, 0.15) is 13.8 Å². The van der Waals surface area contributed by atoms with E-state index in [1.165, 1.54) is 35.2 Å². The number of carbonyl (C=O) groups is 1. The molecule has 1 aromatic carbocycles. The lowest BCUT2D eigenvalue weighted by Crippen LogP contribution is -2.22. The van der Waals surface area contributed by atoms with E-state index in [4.69, 9.17) is 0 Å². The van der Waals surface area contributed by atoms with Gasteiger partial charge >= 0.3 is 0 Å². The van der Waals surface area contributed by atoms with E-state index in [1.54, 1.807) is 19.1 Å². The van der Waals surface area contributed by atoms with E-state index in [-0.39, 0.29) is 11.6 Å². The van der Waals surface area contributed by atoms with Gasteiger partial charge in [-0.1, -0.05) is 35.2 Å². The summed E-state index contributed by atoms with van der Waals surface area (Å²) in [5.74, 6) is -0.723. The van der Waals surface area contributed by atoms with Crippen LogP contribution in [0.25, 0.3) is 0 Å². The fraction of sp³-hybridized carbons (Fsp3) is 0.308. The van der Waals surface area contributed by atoms with Gasteiger partial charge in [-0.05, 0) is 26.0 Å². The van der Waals surface area contributed by atoms with Crippen molar-refractivity contribution < 1.29 is 9.18 Å². The first-order chi connectivity index (χ1) is 10.1. The molecule has 1 amide bonds. The number of benzene rings is 1. The van der Waals surface area contributed by atoms with E-state index < -0.39 is 11.1 Å². The second-order valence-corrected chi connectivity index (χ2v) is 6.70. The Bertz CT molecular complexity index is 620. The molecule has 0 fully saturated rings. The Morgan fingerprint density at radius 2 is 2.19 bits per heavy atom. The van der Waals surface area contributed by atoms with Crippen LogP contribution in [0.5, 0.6) is 0 Å². The number of para-hydroxylation sites is 1. The fourth-order valence-corrected chi connectivity index (χ4v) is 3.45. The number of amides is 1. The zero-order valence-electron chi connectivity index (χ0n) is 11.6. The first kappa shape index (κ1) is 15.7. The summed E-state index contributed by atoms with van der Waals surface area (Å²) in [7, 11) is 0. The molecule has 0 aliphatic rings. The van der Waals surface area contributed by atoms with Gasteiger partial charge < -0.3 is 10.6 Å². The molecular weight excluding hydrogens is 311 g/mol. The molecule has 1 atom stereocenters. The van der Waals surface area contributed by atoms with Crippen LogP contribution in [-0.2, 0) is 4.79 Å². The van der Waals surface area contributed by atoms with Crippen molar-refractivity contribution in [3.05, 3.63) is 30.1 Å². The lowest BCUT2D eigenvalue weighted by molar-refractivity contribution is -0.115. The van der Waals surface area contributed by atoms with Gasteiger partial charge in [0.05, 0.1) is 10.9 Å². The first-order valence-corrected chi connectivity index (χ1v) is 8.09. The Hall–Kier alpha value is -1.67. The number of halogens is 1. The van der Waals surface area contributed by atoms with E-state index in [9.17, 15) is 9.18 Å². The summed E-state index contributed by atoms with van der Waals surface area (Å²) in [6.45, 7) is 4.48. The average Bonchev–Trinajstić information content (AvgIpc) is 2.89. The van der Waals surface area contributed by atoms with Gasteiger partial charge in [-0.2, -0.15) is 0 Å². The van der Waals surface area contributed by atoms with Gasteiger partial charge in [0, 0.05) is 6.54 Å². The predicted octanol–water partition coefficient (Wildman–Crippen LogP) is 3.23. The van der Waals surface area contributed by atoms with Crippen LogP contribution in [0.4, 0.5) is 15.2 Å². The number of carbonyl (C=O) groups excluding carboxylic acids is 1. The normalized spacial score (nSPS) is 12.0. The minimum Gasteiger partial charge on any atom is -0.360 e. The van der Waals surface area contributed by atoms with Gasteiger partial charge in [-0.25, -0.2) is 4.39 Å². The summed E-state index contributed by atoms with van der Waals surface area (Å²) in [5, 5.41) is 13.9. The highest BCUT2D eigenvalue weighted by molar-refractivity contribution is 8.02.